The highest BCUT2D eigenvalue weighted by atomic mass is 16.2. The van der Waals surface area contributed by atoms with Gasteiger partial charge < -0.3 is 10.2 Å². The van der Waals surface area contributed by atoms with E-state index in [4.69, 9.17) is 0 Å². The molecule has 1 heterocycles. The summed E-state index contributed by atoms with van der Waals surface area (Å²) in [4.78, 5) is 28.5. The van der Waals surface area contributed by atoms with Crippen LogP contribution in [0.1, 0.15) is 37.8 Å². The third-order valence-corrected chi connectivity index (χ3v) is 5.46. The molecule has 5 nitrogen and oxygen atoms in total. The number of hydrogen-bond donors (Lipinski definition) is 1. The molecule has 0 saturated carbocycles. The fourth-order valence-electron chi connectivity index (χ4n) is 4.07. The van der Waals surface area contributed by atoms with E-state index in [0.29, 0.717) is 6.04 Å². The van der Waals surface area contributed by atoms with Crippen molar-refractivity contribution in [2.24, 2.45) is 0 Å². The molecule has 5 heteroatoms. The molecule has 136 valence electrons. The van der Waals surface area contributed by atoms with Gasteiger partial charge in [-0.2, -0.15) is 0 Å². The summed E-state index contributed by atoms with van der Waals surface area (Å²) in [5, 5.41) is 2.70. The lowest BCUT2D eigenvalue weighted by atomic mass is 10.0. The minimum atomic E-state index is -0.497. The summed E-state index contributed by atoms with van der Waals surface area (Å²) in [5.41, 5.74) is 2.91. The first-order chi connectivity index (χ1) is 12.0. The second kappa shape index (κ2) is 7.56. The number of likely N-dealkylation sites (N-methyl/N-ethyl adjacent to an activating group) is 1. The van der Waals surface area contributed by atoms with Crippen molar-refractivity contribution in [3.8, 4) is 0 Å². The highest BCUT2D eigenvalue weighted by Crippen LogP contribution is 2.28. The highest BCUT2D eigenvalue weighted by Gasteiger charge is 2.34. The van der Waals surface area contributed by atoms with E-state index in [0.717, 1.165) is 38.8 Å². The second-order valence-corrected chi connectivity index (χ2v) is 7.67. The van der Waals surface area contributed by atoms with Crippen LogP contribution in [0.15, 0.2) is 24.3 Å². The summed E-state index contributed by atoms with van der Waals surface area (Å²) >= 11 is 0. The zero-order chi connectivity index (χ0) is 18.0. The van der Waals surface area contributed by atoms with Crippen molar-refractivity contribution < 1.29 is 9.59 Å². The Bertz CT molecular complexity index is 619. The van der Waals surface area contributed by atoms with E-state index in [9.17, 15) is 9.59 Å². The topological polar surface area (TPSA) is 52.7 Å². The Hall–Kier alpha value is -1.88. The Balaban J connectivity index is 1.60. The molecule has 0 spiro atoms. The molecule has 1 N–H and O–H groups in total. The molecular weight excluding hydrogens is 314 g/mol. The largest absolute Gasteiger partial charge is 0.346 e. The number of fused-ring (bicyclic) bond motifs is 1. The third kappa shape index (κ3) is 4.03. The van der Waals surface area contributed by atoms with Gasteiger partial charge in [0, 0.05) is 31.7 Å². The molecule has 0 unspecified atom stereocenters. The van der Waals surface area contributed by atoms with Crippen LogP contribution < -0.4 is 5.32 Å². The van der Waals surface area contributed by atoms with Gasteiger partial charge in [-0.05, 0) is 57.2 Å². The molecule has 1 atom stereocenters. The third-order valence-electron chi connectivity index (χ3n) is 5.46. The summed E-state index contributed by atoms with van der Waals surface area (Å²) in [7, 11) is 1.76. The standard InChI is InChI=1S/C20H29N3O2/c1-14(2)21-19(24)20(25)22(3)17-9-6-10-23(13-17)18-11-15-7-4-5-8-16(15)12-18/h4-5,7-8,14,17-18H,6,9-13H2,1-3H3,(H,21,24)/t17-/m1/s1. The van der Waals surface area contributed by atoms with E-state index >= 15 is 0 Å². The zero-order valence-electron chi connectivity index (χ0n) is 15.5. The molecule has 1 aromatic rings. The van der Waals surface area contributed by atoms with Gasteiger partial charge in [-0.1, -0.05) is 24.3 Å². The number of piperidine rings is 1. The van der Waals surface area contributed by atoms with Crippen molar-refractivity contribution in [2.45, 2.75) is 57.7 Å². The quantitative estimate of drug-likeness (QED) is 0.848. The van der Waals surface area contributed by atoms with Crippen LogP contribution in [-0.2, 0) is 22.4 Å². The van der Waals surface area contributed by atoms with Gasteiger partial charge in [-0.15, -0.1) is 0 Å². The molecule has 2 amide bonds. The number of carbonyl (C=O) groups is 2. The van der Waals surface area contributed by atoms with Crippen LogP contribution in [0.2, 0.25) is 0 Å². The molecule has 1 aliphatic heterocycles. The van der Waals surface area contributed by atoms with Gasteiger partial charge in [0.15, 0.2) is 0 Å². The lowest BCUT2D eigenvalue weighted by Crippen LogP contribution is -2.54. The summed E-state index contributed by atoms with van der Waals surface area (Å²) < 4.78 is 0. The van der Waals surface area contributed by atoms with Crippen LogP contribution in [0.3, 0.4) is 0 Å². The van der Waals surface area contributed by atoms with Gasteiger partial charge in [0.05, 0.1) is 0 Å². The SMILES string of the molecule is CC(C)NC(=O)C(=O)N(C)[C@@H]1CCCN(C2Cc3ccccc3C2)C1. The lowest BCUT2D eigenvalue weighted by Gasteiger charge is -2.40. The van der Waals surface area contributed by atoms with E-state index in [1.54, 1.807) is 11.9 Å². The van der Waals surface area contributed by atoms with Crippen LogP contribution in [-0.4, -0.2) is 59.9 Å². The fourth-order valence-corrected chi connectivity index (χ4v) is 4.07. The van der Waals surface area contributed by atoms with Gasteiger partial charge in [0.1, 0.15) is 0 Å². The summed E-state index contributed by atoms with van der Waals surface area (Å²) in [5.74, 6) is -0.918. The fraction of sp³-hybridized carbons (Fsp3) is 0.600. The Morgan fingerprint density at radius 3 is 2.44 bits per heavy atom. The van der Waals surface area contributed by atoms with Gasteiger partial charge in [0.2, 0.25) is 0 Å². The van der Waals surface area contributed by atoms with Crippen LogP contribution >= 0.6 is 0 Å². The molecule has 1 saturated heterocycles. The van der Waals surface area contributed by atoms with Crippen LogP contribution in [0, 0.1) is 0 Å². The molecule has 0 bridgehead atoms. The number of nitrogens with one attached hydrogen (secondary N) is 1. The van der Waals surface area contributed by atoms with Crippen molar-refractivity contribution in [3.05, 3.63) is 35.4 Å². The predicted molar refractivity (Wildman–Crippen MR) is 98.3 cm³/mol. The number of amides is 2. The Labute approximate surface area is 150 Å². The molecule has 3 rings (SSSR count). The summed E-state index contributed by atoms with van der Waals surface area (Å²) in [6.07, 6.45) is 4.22. The second-order valence-electron chi connectivity index (χ2n) is 7.67. The molecule has 1 fully saturated rings. The maximum Gasteiger partial charge on any atom is 0.311 e. The Kier molecular flexibility index (Phi) is 5.42. The van der Waals surface area contributed by atoms with Crippen molar-refractivity contribution in [3.63, 3.8) is 0 Å². The summed E-state index contributed by atoms with van der Waals surface area (Å²) in [6, 6.07) is 9.28. The molecule has 1 aromatic carbocycles. The monoisotopic (exact) mass is 343 g/mol. The van der Waals surface area contributed by atoms with Crippen molar-refractivity contribution >= 4 is 11.8 Å². The van der Waals surface area contributed by atoms with Gasteiger partial charge in [-0.25, -0.2) is 0 Å². The minimum Gasteiger partial charge on any atom is -0.346 e. The van der Waals surface area contributed by atoms with Crippen LogP contribution in [0.5, 0.6) is 0 Å². The number of benzene rings is 1. The molecule has 2 aliphatic rings. The number of rotatable bonds is 3. The van der Waals surface area contributed by atoms with Gasteiger partial charge >= 0.3 is 11.8 Å². The minimum absolute atomic E-state index is 0.0234. The first kappa shape index (κ1) is 17.9. The molecule has 0 radical (unpaired) electrons. The van der Waals surface area contributed by atoms with Crippen molar-refractivity contribution in [1.29, 1.82) is 0 Å². The van der Waals surface area contributed by atoms with E-state index < -0.39 is 11.8 Å². The number of nitrogens with zero attached hydrogens (tertiary/aromatic N) is 2. The van der Waals surface area contributed by atoms with E-state index in [1.165, 1.54) is 11.1 Å². The van der Waals surface area contributed by atoms with E-state index in [2.05, 4.69) is 34.5 Å². The maximum absolute atomic E-state index is 12.4. The normalized spacial score (nSPS) is 21.2. The van der Waals surface area contributed by atoms with Crippen molar-refractivity contribution in [2.75, 3.05) is 20.1 Å². The summed E-state index contributed by atoms with van der Waals surface area (Å²) in [6.45, 7) is 5.67. The average molecular weight is 343 g/mol. The lowest BCUT2D eigenvalue weighted by molar-refractivity contribution is -0.147. The highest BCUT2D eigenvalue weighted by molar-refractivity contribution is 6.35. The van der Waals surface area contributed by atoms with Crippen LogP contribution in [0.25, 0.3) is 0 Å². The average Bonchev–Trinajstić information content (AvgIpc) is 3.04. The first-order valence-corrected chi connectivity index (χ1v) is 9.34. The molecular formula is C20H29N3O2. The molecule has 25 heavy (non-hydrogen) atoms. The predicted octanol–water partition coefficient (Wildman–Crippen LogP) is 1.60. The first-order valence-electron chi connectivity index (χ1n) is 9.34. The van der Waals surface area contributed by atoms with E-state index in [-0.39, 0.29) is 12.1 Å². The maximum atomic E-state index is 12.4. The molecule has 0 aromatic heterocycles. The number of carbonyl (C=O) groups excluding carboxylic acids is 2. The number of hydrogen-bond acceptors (Lipinski definition) is 3. The van der Waals surface area contributed by atoms with Crippen LogP contribution in [0.4, 0.5) is 0 Å². The molecule has 1 aliphatic carbocycles. The van der Waals surface area contributed by atoms with Crippen molar-refractivity contribution in [1.82, 2.24) is 15.1 Å². The van der Waals surface area contributed by atoms with Gasteiger partial charge in [0.25, 0.3) is 0 Å². The smallest absolute Gasteiger partial charge is 0.311 e. The Morgan fingerprint density at radius 1 is 1.20 bits per heavy atom. The van der Waals surface area contributed by atoms with Gasteiger partial charge in [-0.3, -0.25) is 14.5 Å². The Morgan fingerprint density at radius 2 is 1.84 bits per heavy atom. The van der Waals surface area contributed by atoms with E-state index in [1.807, 2.05) is 13.8 Å². The number of likely N-dealkylation sites (tertiary alicyclic amines) is 1. The zero-order valence-corrected chi connectivity index (χ0v) is 15.5.